The van der Waals surface area contributed by atoms with Gasteiger partial charge in [0.15, 0.2) is 11.5 Å². The first-order valence-electron chi connectivity index (χ1n) is 7.97. The smallest absolute Gasteiger partial charge is 0.267 e. The van der Waals surface area contributed by atoms with Crippen molar-refractivity contribution in [2.24, 2.45) is 0 Å². The molecule has 1 saturated heterocycles. The van der Waals surface area contributed by atoms with E-state index in [1.54, 1.807) is 54.6 Å². The van der Waals surface area contributed by atoms with Crippen molar-refractivity contribution in [3.05, 3.63) is 64.6 Å². The maximum atomic E-state index is 12.9. The number of carboxylic acid groups (broad SMARTS) is 1. The molecule has 0 radical (unpaired) electrons. The highest BCUT2D eigenvalue weighted by Gasteiger charge is 2.38. The van der Waals surface area contributed by atoms with E-state index in [9.17, 15) is 14.7 Å². The van der Waals surface area contributed by atoms with Crippen LogP contribution in [0.1, 0.15) is 17.2 Å². The molecule has 0 spiro atoms. The van der Waals surface area contributed by atoms with Crippen LogP contribution in [-0.4, -0.2) is 27.9 Å². The van der Waals surface area contributed by atoms with Gasteiger partial charge in [0.25, 0.3) is 5.91 Å². The Morgan fingerprint density at radius 2 is 1.93 bits per heavy atom. The zero-order valence-corrected chi connectivity index (χ0v) is 15.4. The minimum Gasteiger partial charge on any atom is -0.547 e. The Hall–Kier alpha value is -2.84. The van der Waals surface area contributed by atoms with Gasteiger partial charge in [-0.15, -0.1) is 0 Å². The molecule has 0 N–H and O–H groups in total. The number of fused-ring (bicyclic) bond motifs is 1. The van der Waals surface area contributed by atoms with Gasteiger partial charge in [0, 0.05) is 0 Å². The summed E-state index contributed by atoms with van der Waals surface area (Å²) in [5.74, 6) is -0.625. The molecule has 1 atom stereocenters. The summed E-state index contributed by atoms with van der Waals surface area (Å²) in [5, 5.41) is 11.7. The lowest BCUT2D eigenvalue weighted by molar-refractivity contribution is -0.310. The Morgan fingerprint density at radius 1 is 1.19 bits per heavy atom. The minimum absolute atomic E-state index is 0.158. The second kappa shape index (κ2) is 7.05. The number of amides is 1. The summed E-state index contributed by atoms with van der Waals surface area (Å²) in [6.45, 7) is 0.158. The van der Waals surface area contributed by atoms with E-state index in [1.165, 1.54) is 0 Å². The monoisotopic (exact) mass is 398 g/mol. The molecule has 0 aliphatic carbocycles. The number of carbonyl (C=O) groups excluding carboxylic acids is 2. The number of aliphatic carboxylic acids is 1. The van der Waals surface area contributed by atoms with Crippen LogP contribution >= 0.6 is 24.0 Å². The molecule has 0 unspecified atom stereocenters. The number of carbonyl (C=O) groups is 2. The van der Waals surface area contributed by atoms with Crippen molar-refractivity contribution in [2.75, 3.05) is 6.79 Å². The van der Waals surface area contributed by atoms with Crippen LogP contribution in [0, 0.1) is 0 Å². The second-order valence-electron chi connectivity index (χ2n) is 5.80. The first-order valence-corrected chi connectivity index (χ1v) is 9.19. The fourth-order valence-corrected chi connectivity index (χ4v) is 4.20. The van der Waals surface area contributed by atoms with Crippen molar-refractivity contribution in [1.29, 1.82) is 0 Å². The second-order valence-corrected chi connectivity index (χ2v) is 7.47. The topological polar surface area (TPSA) is 78.9 Å². The molecule has 2 aliphatic heterocycles. The van der Waals surface area contributed by atoms with Gasteiger partial charge in [-0.1, -0.05) is 60.4 Å². The van der Waals surface area contributed by atoms with E-state index in [4.69, 9.17) is 21.7 Å². The summed E-state index contributed by atoms with van der Waals surface area (Å²) in [6.07, 6.45) is 1.65. The number of rotatable bonds is 4. The predicted octanol–water partition coefficient (Wildman–Crippen LogP) is 2.11. The van der Waals surface area contributed by atoms with Crippen molar-refractivity contribution in [2.45, 2.75) is 6.04 Å². The molecule has 1 fully saturated rings. The molecule has 2 aliphatic rings. The average Bonchev–Trinajstić information content (AvgIpc) is 3.22. The highest BCUT2D eigenvalue weighted by Crippen LogP contribution is 2.39. The van der Waals surface area contributed by atoms with Gasteiger partial charge in [-0.25, -0.2) is 0 Å². The highest BCUT2D eigenvalue weighted by molar-refractivity contribution is 8.26. The van der Waals surface area contributed by atoms with Crippen LogP contribution in [0.4, 0.5) is 0 Å². The Labute approximate surface area is 164 Å². The van der Waals surface area contributed by atoms with E-state index in [-0.39, 0.29) is 11.1 Å². The SMILES string of the molecule is O=C([O-])[C@H](c1ccccc1)N1C(=O)/C(=C/c2ccc3c(c2)OCO3)SC1=S. The quantitative estimate of drug-likeness (QED) is 0.576. The van der Waals surface area contributed by atoms with Crippen LogP contribution in [-0.2, 0) is 9.59 Å². The molecular formula is C19H12NO5S2-. The molecule has 2 heterocycles. The van der Waals surface area contributed by atoms with E-state index in [2.05, 4.69) is 0 Å². The van der Waals surface area contributed by atoms with E-state index < -0.39 is 17.9 Å². The summed E-state index contributed by atoms with van der Waals surface area (Å²) in [6, 6.07) is 12.4. The zero-order chi connectivity index (χ0) is 19.0. The number of hydrogen-bond acceptors (Lipinski definition) is 7. The van der Waals surface area contributed by atoms with Gasteiger partial charge in [-0.3, -0.25) is 9.69 Å². The Morgan fingerprint density at radius 3 is 2.67 bits per heavy atom. The third-order valence-electron chi connectivity index (χ3n) is 4.11. The lowest BCUT2D eigenvalue weighted by Crippen LogP contribution is -2.43. The maximum Gasteiger partial charge on any atom is 0.267 e. The largest absolute Gasteiger partial charge is 0.547 e. The molecule has 4 rings (SSSR count). The lowest BCUT2D eigenvalue weighted by atomic mass is 10.1. The highest BCUT2D eigenvalue weighted by atomic mass is 32.2. The fourth-order valence-electron chi connectivity index (χ4n) is 2.88. The van der Waals surface area contributed by atoms with Crippen molar-refractivity contribution in [3.63, 3.8) is 0 Å². The normalized spacial score (nSPS) is 18.2. The van der Waals surface area contributed by atoms with Crippen molar-refractivity contribution in [1.82, 2.24) is 4.90 Å². The fraction of sp³-hybridized carbons (Fsp3) is 0.105. The van der Waals surface area contributed by atoms with Gasteiger partial charge in [0.1, 0.15) is 10.4 Å². The van der Waals surface area contributed by atoms with Crippen LogP contribution in [0.2, 0.25) is 0 Å². The first kappa shape index (κ1) is 17.6. The van der Waals surface area contributed by atoms with Gasteiger partial charge < -0.3 is 19.4 Å². The molecule has 2 aromatic carbocycles. The van der Waals surface area contributed by atoms with E-state index in [0.717, 1.165) is 22.2 Å². The van der Waals surface area contributed by atoms with Gasteiger partial charge in [0.2, 0.25) is 6.79 Å². The maximum absolute atomic E-state index is 12.9. The molecule has 0 aromatic heterocycles. The molecule has 2 aromatic rings. The lowest BCUT2D eigenvalue weighted by Gasteiger charge is -2.27. The first-order chi connectivity index (χ1) is 13.0. The van der Waals surface area contributed by atoms with Gasteiger partial charge >= 0.3 is 0 Å². The van der Waals surface area contributed by atoms with Crippen LogP contribution in [0.5, 0.6) is 11.5 Å². The number of ether oxygens (including phenoxy) is 2. The van der Waals surface area contributed by atoms with Crippen LogP contribution in [0.25, 0.3) is 6.08 Å². The Bertz CT molecular complexity index is 973. The molecule has 8 heteroatoms. The number of thioether (sulfide) groups is 1. The number of carboxylic acids is 1. The summed E-state index contributed by atoms with van der Waals surface area (Å²) >= 11 is 6.33. The number of hydrogen-bond donors (Lipinski definition) is 0. The predicted molar refractivity (Wildman–Crippen MR) is 102 cm³/mol. The Balaban J connectivity index is 1.66. The third kappa shape index (κ3) is 3.29. The van der Waals surface area contributed by atoms with E-state index >= 15 is 0 Å². The number of benzene rings is 2. The molecular weight excluding hydrogens is 386 g/mol. The van der Waals surface area contributed by atoms with Gasteiger partial charge in [-0.2, -0.15) is 0 Å². The summed E-state index contributed by atoms with van der Waals surface area (Å²) in [5.41, 5.74) is 1.16. The molecule has 0 bridgehead atoms. The average molecular weight is 398 g/mol. The summed E-state index contributed by atoms with van der Waals surface area (Å²) in [7, 11) is 0. The molecule has 1 amide bonds. The van der Waals surface area contributed by atoms with E-state index in [1.807, 2.05) is 0 Å². The summed E-state index contributed by atoms with van der Waals surface area (Å²) in [4.78, 5) is 26.0. The number of nitrogens with zero attached hydrogens (tertiary/aromatic N) is 1. The molecule has 6 nitrogen and oxygen atoms in total. The standard InChI is InChI=1S/C19H13NO5S2/c21-17-15(9-11-6-7-13-14(8-11)25-10-24-13)27-19(26)20(17)16(18(22)23)12-4-2-1-3-5-12/h1-9,16H,10H2,(H,22,23)/p-1/b15-9-/t16-/m0/s1. The van der Waals surface area contributed by atoms with Gasteiger partial charge in [0.05, 0.1) is 10.9 Å². The third-order valence-corrected chi connectivity index (χ3v) is 5.45. The zero-order valence-electron chi connectivity index (χ0n) is 13.8. The van der Waals surface area contributed by atoms with Crippen molar-refractivity contribution in [3.8, 4) is 11.5 Å². The molecule has 27 heavy (non-hydrogen) atoms. The Kier molecular flexibility index (Phi) is 4.59. The minimum atomic E-state index is -1.39. The van der Waals surface area contributed by atoms with E-state index in [0.29, 0.717) is 22.0 Å². The van der Waals surface area contributed by atoms with Gasteiger partial charge in [-0.05, 0) is 29.3 Å². The van der Waals surface area contributed by atoms with Crippen LogP contribution < -0.4 is 14.6 Å². The molecule has 0 saturated carbocycles. The molecule has 136 valence electrons. The van der Waals surface area contributed by atoms with Crippen LogP contribution in [0.15, 0.2) is 53.4 Å². The van der Waals surface area contributed by atoms with Crippen LogP contribution in [0.3, 0.4) is 0 Å². The van der Waals surface area contributed by atoms with Crippen molar-refractivity contribution < 1.29 is 24.2 Å². The van der Waals surface area contributed by atoms with Crippen molar-refractivity contribution >= 4 is 46.3 Å². The summed E-state index contributed by atoms with van der Waals surface area (Å²) < 4.78 is 10.8. The number of thiocarbonyl (C=S) groups is 1.